The Morgan fingerprint density at radius 2 is 1.84 bits per heavy atom. The van der Waals surface area contributed by atoms with E-state index >= 15 is 0 Å². The van der Waals surface area contributed by atoms with Crippen molar-refractivity contribution in [3.05, 3.63) is 53.9 Å². The average molecular weight is 339 g/mol. The highest BCUT2D eigenvalue weighted by atomic mass is 19.1. The molecule has 0 unspecified atom stereocenters. The van der Waals surface area contributed by atoms with Crippen molar-refractivity contribution in [1.29, 1.82) is 0 Å². The lowest BCUT2D eigenvalue weighted by Gasteiger charge is -2.30. The second-order valence-corrected chi connectivity index (χ2v) is 6.21. The number of aromatic nitrogens is 4. The average Bonchev–Trinajstić information content (AvgIpc) is 3.13. The first-order valence-electron chi connectivity index (χ1n) is 8.33. The van der Waals surface area contributed by atoms with Gasteiger partial charge in [-0.15, -0.1) is 10.2 Å². The van der Waals surface area contributed by atoms with Crippen molar-refractivity contribution in [2.24, 2.45) is 0 Å². The molecule has 0 saturated carbocycles. The van der Waals surface area contributed by atoms with Crippen LogP contribution in [0.4, 0.5) is 10.3 Å². The number of benzene rings is 1. The molecule has 2 aromatic heterocycles. The highest BCUT2D eigenvalue weighted by Crippen LogP contribution is 2.30. The Morgan fingerprint density at radius 3 is 2.56 bits per heavy atom. The van der Waals surface area contributed by atoms with E-state index in [1.165, 1.54) is 12.1 Å². The van der Waals surface area contributed by atoms with Crippen molar-refractivity contribution >= 4 is 5.95 Å². The predicted octanol–water partition coefficient (Wildman–Crippen LogP) is 3.36. The van der Waals surface area contributed by atoms with E-state index in [1.54, 1.807) is 18.3 Å². The van der Waals surface area contributed by atoms with Crippen LogP contribution in [0.2, 0.25) is 0 Å². The minimum absolute atomic E-state index is 0.225. The van der Waals surface area contributed by atoms with Crippen LogP contribution in [0.25, 0.3) is 11.5 Å². The number of rotatable bonds is 3. The number of nitrogens with zero attached hydrogens (tertiary/aromatic N) is 5. The minimum Gasteiger partial charge on any atom is -0.420 e. The summed E-state index contributed by atoms with van der Waals surface area (Å²) < 4.78 is 18.8. The Labute approximate surface area is 144 Å². The Morgan fingerprint density at radius 1 is 1.08 bits per heavy atom. The summed E-state index contributed by atoms with van der Waals surface area (Å²) >= 11 is 0. The number of hydrogen-bond donors (Lipinski definition) is 0. The van der Waals surface area contributed by atoms with E-state index in [-0.39, 0.29) is 11.7 Å². The Bertz CT molecular complexity index is 856. The second-order valence-electron chi connectivity index (χ2n) is 6.21. The molecule has 1 aliphatic rings. The molecule has 25 heavy (non-hydrogen) atoms. The summed E-state index contributed by atoms with van der Waals surface area (Å²) in [5.41, 5.74) is 1.69. The summed E-state index contributed by atoms with van der Waals surface area (Å²) in [5.74, 6) is 1.79. The molecule has 0 aliphatic carbocycles. The van der Waals surface area contributed by atoms with Gasteiger partial charge in [-0.25, -0.2) is 14.4 Å². The molecule has 0 amide bonds. The molecule has 0 spiro atoms. The molecule has 0 N–H and O–H groups in total. The minimum atomic E-state index is -0.283. The molecule has 6 nitrogen and oxygen atoms in total. The second kappa shape index (κ2) is 6.58. The first kappa shape index (κ1) is 15.7. The Hall–Kier alpha value is -2.83. The fourth-order valence-corrected chi connectivity index (χ4v) is 3.02. The van der Waals surface area contributed by atoms with Crippen LogP contribution in [0, 0.1) is 12.7 Å². The number of halogens is 1. The van der Waals surface area contributed by atoms with Gasteiger partial charge in [0.05, 0.1) is 0 Å². The maximum atomic E-state index is 13.0. The van der Waals surface area contributed by atoms with Crippen LogP contribution >= 0.6 is 0 Å². The topological polar surface area (TPSA) is 67.9 Å². The quantitative estimate of drug-likeness (QED) is 0.729. The molecule has 0 bridgehead atoms. The largest absolute Gasteiger partial charge is 0.420 e. The van der Waals surface area contributed by atoms with Gasteiger partial charge in [0, 0.05) is 36.5 Å². The molecule has 128 valence electrons. The van der Waals surface area contributed by atoms with Crippen molar-refractivity contribution in [3.63, 3.8) is 0 Å². The van der Waals surface area contributed by atoms with Gasteiger partial charge in [-0.05, 0) is 50.1 Å². The molecule has 1 aromatic carbocycles. The standard InChI is InChI=1S/C18H18FN5O/c1-12-6-9-20-18(21-12)24-10-7-14(8-11-24)17-23-22-16(25-17)13-2-4-15(19)5-3-13/h2-6,9,14H,7-8,10-11H2,1H3. The van der Waals surface area contributed by atoms with Crippen LogP contribution in [0.15, 0.2) is 40.9 Å². The fourth-order valence-electron chi connectivity index (χ4n) is 3.02. The molecule has 3 aromatic rings. The first-order chi connectivity index (χ1) is 12.2. The first-order valence-corrected chi connectivity index (χ1v) is 8.33. The normalized spacial score (nSPS) is 15.5. The van der Waals surface area contributed by atoms with Gasteiger partial charge in [-0.2, -0.15) is 0 Å². The molecule has 0 radical (unpaired) electrons. The highest BCUT2D eigenvalue weighted by molar-refractivity contribution is 5.52. The molecular weight excluding hydrogens is 321 g/mol. The Balaban J connectivity index is 1.44. The zero-order valence-electron chi connectivity index (χ0n) is 13.9. The molecule has 4 rings (SSSR count). The summed E-state index contributed by atoms with van der Waals surface area (Å²) in [5, 5.41) is 8.29. The monoisotopic (exact) mass is 339 g/mol. The smallest absolute Gasteiger partial charge is 0.247 e. The molecule has 0 atom stereocenters. The summed E-state index contributed by atoms with van der Waals surface area (Å²) in [4.78, 5) is 11.0. The third-order valence-electron chi connectivity index (χ3n) is 4.44. The molecule has 1 saturated heterocycles. The van der Waals surface area contributed by atoms with Crippen LogP contribution in [-0.2, 0) is 0 Å². The van der Waals surface area contributed by atoms with Crippen LogP contribution < -0.4 is 4.90 Å². The third kappa shape index (κ3) is 3.35. The van der Waals surface area contributed by atoms with Gasteiger partial charge in [0.25, 0.3) is 0 Å². The van der Waals surface area contributed by atoms with Crippen LogP contribution in [-0.4, -0.2) is 33.3 Å². The summed E-state index contributed by atoms with van der Waals surface area (Å²) in [7, 11) is 0. The van der Waals surface area contributed by atoms with Crippen LogP contribution in [0.5, 0.6) is 0 Å². The molecule has 7 heteroatoms. The van der Waals surface area contributed by atoms with Crippen molar-refractivity contribution in [1.82, 2.24) is 20.2 Å². The SMILES string of the molecule is Cc1ccnc(N2CCC(c3nnc(-c4ccc(F)cc4)o3)CC2)n1. The van der Waals surface area contributed by atoms with E-state index in [4.69, 9.17) is 4.42 Å². The van der Waals surface area contributed by atoms with Crippen molar-refractivity contribution in [2.75, 3.05) is 18.0 Å². The Kier molecular flexibility index (Phi) is 4.13. The summed E-state index contributed by atoms with van der Waals surface area (Å²) in [6.45, 7) is 3.66. The number of aryl methyl sites for hydroxylation is 1. The molecular formula is C18H18FN5O. The van der Waals surface area contributed by atoms with Crippen molar-refractivity contribution < 1.29 is 8.81 Å². The van der Waals surface area contributed by atoms with E-state index in [0.29, 0.717) is 11.8 Å². The van der Waals surface area contributed by atoms with Gasteiger partial charge < -0.3 is 9.32 Å². The van der Waals surface area contributed by atoms with Gasteiger partial charge in [0.2, 0.25) is 17.7 Å². The molecule has 3 heterocycles. The van der Waals surface area contributed by atoms with Gasteiger partial charge in [0.1, 0.15) is 5.82 Å². The summed E-state index contributed by atoms with van der Waals surface area (Å²) in [6.07, 6.45) is 3.60. The van der Waals surface area contributed by atoms with Gasteiger partial charge in [-0.1, -0.05) is 0 Å². The van der Waals surface area contributed by atoms with E-state index in [9.17, 15) is 4.39 Å². The maximum Gasteiger partial charge on any atom is 0.247 e. The zero-order chi connectivity index (χ0) is 17.2. The van der Waals surface area contributed by atoms with Crippen molar-refractivity contribution in [3.8, 4) is 11.5 Å². The van der Waals surface area contributed by atoms with E-state index in [1.807, 2.05) is 13.0 Å². The summed E-state index contributed by atoms with van der Waals surface area (Å²) in [6, 6.07) is 7.96. The van der Waals surface area contributed by atoms with Gasteiger partial charge in [0.15, 0.2) is 0 Å². The van der Waals surface area contributed by atoms with Gasteiger partial charge in [-0.3, -0.25) is 0 Å². The van der Waals surface area contributed by atoms with Gasteiger partial charge >= 0.3 is 0 Å². The van der Waals surface area contributed by atoms with Crippen molar-refractivity contribution in [2.45, 2.75) is 25.7 Å². The van der Waals surface area contributed by atoms with E-state index in [2.05, 4.69) is 25.1 Å². The number of hydrogen-bond acceptors (Lipinski definition) is 6. The molecule has 1 aliphatic heterocycles. The lowest BCUT2D eigenvalue weighted by atomic mass is 9.97. The highest BCUT2D eigenvalue weighted by Gasteiger charge is 2.26. The fraction of sp³-hybridized carbons (Fsp3) is 0.333. The lowest BCUT2D eigenvalue weighted by Crippen LogP contribution is -2.34. The lowest BCUT2D eigenvalue weighted by molar-refractivity contribution is 0.396. The maximum absolute atomic E-state index is 13.0. The predicted molar refractivity (Wildman–Crippen MR) is 90.6 cm³/mol. The van der Waals surface area contributed by atoms with E-state index < -0.39 is 0 Å². The zero-order valence-corrected chi connectivity index (χ0v) is 13.9. The molecule has 1 fully saturated rings. The number of anilines is 1. The third-order valence-corrected chi connectivity index (χ3v) is 4.44. The van der Waals surface area contributed by atoms with E-state index in [0.717, 1.165) is 43.1 Å². The van der Waals surface area contributed by atoms with Crippen LogP contribution in [0.1, 0.15) is 30.3 Å². The van der Waals surface area contributed by atoms with Crippen LogP contribution in [0.3, 0.4) is 0 Å². The number of piperidine rings is 1.